The van der Waals surface area contributed by atoms with E-state index in [1.165, 1.54) is 44.4 Å². The molecule has 226 valence electrons. The SMILES string of the molecule is COc1cc(C(=O)NC[C@](O)(c2cc3c(c(-c4ccc(F)cc4)n2)OC[C@]3(C)NCl)C(F)(F)F)ccc1OC[C@@H](C)O. The third kappa shape index (κ3) is 6.09. The van der Waals surface area contributed by atoms with Crippen molar-refractivity contribution >= 4 is 17.7 Å². The number of hydrogen-bond acceptors (Lipinski definition) is 8. The molecular formula is C28H28ClF4N3O6. The van der Waals surface area contributed by atoms with E-state index in [2.05, 4.69) is 15.1 Å². The first kappa shape index (κ1) is 31.3. The van der Waals surface area contributed by atoms with E-state index in [0.717, 1.165) is 18.2 Å². The molecule has 4 N–H and O–H groups in total. The zero-order valence-electron chi connectivity index (χ0n) is 22.7. The molecule has 2 aromatic carbocycles. The number of halogens is 5. The minimum absolute atomic E-state index is 0.0580. The third-order valence-corrected chi connectivity index (χ3v) is 7.12. The van der Waals surface area contributed by atoms with Crippen molar-refractivity contribution < 1.29 is 46.8 Å². The Hall–Kier alpha value is -3.65. The molecule has 2 heterocycles. The molecule has 14 heteroatoms. The van der Waals surface area contributed by atoms with E-state index in [9.17, 15) is 32.6 Å². The predicted molar refractivity (Wildman–Crippen MR) is 144 cm³/mol. The van der Waals surface area contributed by atoms with Gasteiger partial charge < -0.3 is 29.7 Å². The first-order valence-corrected chi connectivity index (χ1v) is 13.0. The second-order valence-corrected chi connectivity index (χ2v) is 10.2. The zero-order valence-corrected chi connectivity index (χ0v) is 23.4. The predicted octanol–water partition coefficient (Wildman–Crippen LogP) is 4.19. The molecule has 1 aliphatic heterocycles. The Morgan fingerprint density at radius 1 is 1.19 bits per heavy atom. The number of pyridine rings is 1. The Balaban J connectivity index is 1.71. The fraction of sp³-hybridized carbons (Fsp3) is 0.357. The number of carbonyl (C=O) groups excluding carboxylic acids is 1. The lowest BCUT2D eigenvalue weighted by Crippen LogP contribution is -2.51. The molecule has 1 amide bonds. The third-order valence-electron chi connectivity index (χ3n) is 6.70. The Morgan fingerprint density at radius 3 is 2.48 bits per heavy atom. The monoisotopic (exact) mass is 613 g/mol. The van der Waals surface area contributed by atoms with Gasteiger partial charge in [-0.25, -0.2) is 14.2 Å². The van der Waals surface area contributed by atoms with E-state index in [0.29, 0.717) is 0 Å². The number of aliphatic hydroxyl groups is 2. The van der Waals surface area contributed by atoms with Crippen molar-refractivity contribution in [1.82, 2.24) is 15.1 Å². The van der Waals surface area contributed by atoms with Crippen LogP contribution in [0.25, 0.3) is 11.3 Å². The van der Waals surface area contributed by atoms with Gasteiger partial charge in [-0.1, -0.05) is 0 Å². The number of hydrogen-bond donors (Lipinski definition) is 4. The van der Waals surface area contributed by atoms with E-state index in [1.807, 2.05) is 0 Å². The van der Waals surface area contributed by atoms with Crippen LogP contribution in [0.15, 0.2) is 48.5 Å². The molecule has 0 unspecified atom stereocenters. The maximum absolute atomic E-state index is 14.6. The van der Waals surface area contributed by atoms with Gasteiger partial charge in [-0.2, -0.15) is 13.2 Å². The number of aliphatic hydroxyl groups excluding tert-OH is 1. The second-order valence-electron chi connectivity index (χ2n) is 10.0. The summed E-state index contributed by atoms with van der Waals surface area (Å²) in [4.78, 5) is 19.5. The topological polar surface area (TPSA) is 122 Å². The molecule has 0 spiro atoms. The van der Waals surface area contributed by atoms with Crippen LogP contribution in [0.5, 0.6) is 17.2 Å². The Labute approximate surface area is 243 Å². The maximum Gasteiger partial charge on any atom is 0.424 e. The number of methoxy groups -OCH3 is 1. The van der Waals surface area contributed by atoms with Gasteiger partial charge in [-0.3, -0.25) is 4.79 Å². The molecule has 1 aliphatic rings. The highest BCUT2D eigenvalue weighted by Crippen LogP contribution is 2.47. The highest BCUT2D eigenvalue weighted by molar-refractivity contribution is 6.14. The highest BCUT2D eigenvalue weighted by atomic mass is 35.5. The first-order chi connectivity index (χ1) is 19.7. The lowest BCUT2D eigenvalue weighted by Gasteiger charge is -2.31. The van der Waals surface area contributed by atoms with Gasteiger partial charge in [-0.15, -0.1) is 0 Å². The first-order valence-electron chi connectivity index (χ1n) is 12.6. The van der Waals surface area contributed by atoms with E-state index in [1.54, 1.807) is 6.92 Å². The molecule has 42 heavy (non-hydrogen) atoms. The van der Waals surface area contributed by atoms with Gasteiger partial charge in [0.15, 0.2) is 17.2 Å². The minimum atomic E-state index is -5.30. The Morgan fingerprint density at radius 2 is 1.88 bits per heavy atom. The van der Waals surface area contributed by atoms with E-state index >= 15 is 0 Å². The molecule has 3 atom stereocenters. The molecule has 0 saturated carbocycles. The van der Waals surface area contributed by atoms with Crippen molar-refractivity contribution in [3.05, 3.63) is 71.2 Å². The van der Waals surface area contributed by atoms with Gasteiger partial charge >= 0.3 is 6.18 Å². The van der Waals surface area contributed by atoms with Gasteiger partial charge in [0, 0.05) is 16.7 Å². The van der Waals surface area contributed by atoms with E-state index in [4.69, 9.17) is 26.0 Å². The summed E-state index contributed by atoms with van der Waals surface area (Å²) in [5, 5.41) is 22.7. The maximum atomic E-state index is 14.6. The summed E-state index contributed by atoms with van der Waals surface area (Å²) < 4.78 is 73.6. The number of carbonyl (C=O) groups is 1. The number of nitrogens with one attached hydrogen (secondary N) is 2. The van der Waals surface area contributed by atoms with Crippen molar-refractivity contribution in [1.29, 1.82) is 0 Å². The van der Waals surface area contributed by atoms with Crippen LogP contribution in [-0.4, -0.2) is 60.3 Å². The molecule has 1 aromatic heterocycles. The average Bonchev–Trinajstić information content (AvgIpc) is 3.30. The van der Waals surface area contributed by atoms with Crippen molar-refractivity contribution in [3.8, 4) is 28.5 Å². The number of alkyl halides is 3. The average molecular weight is 614 g/mol. The van der Waals surface area contributed by atoms with E-state index < -0.39 is 47.4 Å². The molecule has 0 fully saturated rings. The molecule has 9 nitrogen and oxygen atoms in total. The van der Waals surface area contributed by atoms with Crippen molar-refractivity contribution in [2.75, 3.05) is 26.9 Å². The highest BCUT2D eigenvalue weighted by Gasteiger charge is 2.57. The number of aromatic nitrogens is 1. The van der Waals surface area contributed by atoms with Crippen molar-refractivity contribution in [2.24, 2.45) is 0 Å². The molecular weight excluding hydrogens is 586 g/mol. The molecule has 0 saturated heterocycles. The smallest absolute Gasteiger partial charge is 0.424 e. The van der Waals surface area contributed by atoms with Crippen LogP contribution in [0.1, 0.15) is 35.5 Å². The van der Waals surface area contributed by atoms with Crippen molar-refractivity contribution in [2.45, 2.75) is 37.3 Å². The summed E-state index contributed by atoms with van der Waals surface area (Å²) in [5.41, 5.74) is -5.41. The quantitative estimate of drug-likeness (QED) is 0.198. The fourth-order valence-corrected chi connectivity index (χ4v) is 4.42. The second kappa shape index (κ2) is 11.9. The molecule has 4 rings (SSSR count). The van der Waals surface area contributed by atoms with Gasteiger partial charge in [0.2, 0.25) is 5.60 Å². The molecule has 0 radical (unpaired) electrons. The van der Waals surface area contributed by atoms with Gasteiger partial charge in [0.25, 0.3) is 5.91 Å². The summed E-state index contributed by atoms with van der Waals surface area (Å²) >= 11 is 5.92. The summed E-state index contributed by atoms with van der Waals surface area (Å²) in [6, 6.07) is 9.75. The van der Waals surface area contributed by atoms with Crippen LogP contribution < -0.4 is 24.4 Å². The fourth-order valence-electron chi connectivity index (χ4n) is 4.26. The number of ether oxygens (including phenoxy) is 3. The summed E-state index contributed by atoms with van der Waals surface area (Å²) in [7, 11) is 1.31. The normalized spacial score (nSPS) is 18.4. The number of benzene rings is 2. The number of rotatable bonds is 10. The van der Waals surface area contributed by atoms with Gasteiger partial charge in [0.1, 0.15) is 24.7 Å². The largest absolute Gasteiger partial charge is 0.493 e. The van der Waals surface area contributed by atoms with Crippen LogP contribution in [0.4, 0.5) is 17.6 Å². The zero-order chi connectivity index (χ0) is 30.9. The lowest BCUT2D eigenvalue weighted by molar-refractivity contribution is -0.265. The number of fused-ring (bicyclic) bond motifs is 1. The van der Waals surface area contributed by atoms with Crippen LogP contribution >= 0.6 is 11.8 Å². The Kier molecular flexibility index (Phi) is 8.88. The van der Waals surface area contributed by atoms with Gasteiger partial charge in [-0.05, 0) is 74.2 Å². The molecule has 0 bridgehead atoms. The van der Waals surface area contributed by atoms with Crippen LogP contribution in [0, 0.1) is 5.82 Å². The number of amides is 1. The van der Waals surface area contributed by atoms with Crippen LogP contribution in [0.3, 0.4) is 0 Å². The van der Waals surface area contributed by atoms with Crippen molar-refractivity contribution in [3.63, 3.8) is 0 Å². The number of nitrogens with zero attached hydrogens (tertiary/aromatic N) is 1. The lowest BCUT2D eigenvalue weighted by atomic mass is 9.89. The summed E-state index contributed by atoms with van der Waals surface area (Å²) in [5.74, 6) is -1.11. The standard InChI is InChI=1S/C28H28ClF4N3O6/c1-15(37)12-41-20-9-6-17(10-21(20)40-3)25(38)34-13-27(39,28(31,32)33)22-11-19-24(42-14-26(19,2)36-29)23(35-22)16-4-7-18(30)8-5-16/h4-11,15,36-37,39H,12-14H2,1-3H3,(H,34,38)/t15-,26+,27+/m1/s1. The van der Waals surface area contributed by atoms with E-state index in [-0.39, 0.29) is 52.8 Å². The minimum Gasteiger partial charge on any atom is -0.493 e. The van der Waals surface area contributed by atoms with Crippen LogP contribution in [-0.2, 0) is 11.1 Å². The Bertz CT molecular complexity index is 1460. The van der Waals surface area contributed by atoms with Crippen LogP contribution in [0.2, 0.25) is 0 Å². The summed E-state index contributed by atoms with van der Waals surface area (Å²) in [6.07, 6.45) is -6.08. The van der Waals surface area contributed by atoms with Gasteiger partial charge in [0.05, 0.1) is 31.0 Å². The molecule has 0 aliphatic carbocycles. The molecule has 3 aromatic rings. The summed E-state index contributed by atoms with van der Waals surface area (Å²) in [6.45, 7) is 1.66.